The summed E-state index contributed by atoms with van der Waals surface area (Å²) in [7, 11) is 4.59. The molecule has 0 atom stereocenters. The summed E-state index contributed by atoms with van der Waals surface area (Å²) < 4.78 is 10.3. The zero-order valence-electron chi connectivity index (χ0n) is 15.6. The predicted molar refractivity (Wildman–Crippen MR) is 116 cm³/mol. The van der Waals surface area contributed by atoms with Crippen LogP contribution in [-0.2, 0) is 20.6 Å². The van der Waals surface area contributed by atoms with Crippen molar-refractivity contribution in [3.05, 3.63) is 59.9 Å². The summed E-state index contributed by atoms with van der Waals surface area (Å²) in [5, 5.41) is 2.79. The second-order valence-corrected chi connectivity index (χ2v) is 8.45. The van der Waals surface area contributed by atoms with Crippen LogP contribution in [0.4, 0.5) is 0 Å². The van der Waals surface area contributed by atoms with E-state index in [2.05, 4.69) is 25.9 Å². The van der Waals surface area contributed by atoms with Crippen molar-refractivity contribution in [3.8, 4) is 16.3 Å². The van der Waals surface area contributed by atoms with Gasteiger partial charge in [0, 0.05) is 23.9 Å². The molecule has 1 aromatic carbocycles. The van der Waals surface area contributed by atoms with Crippen LogP contribution >= 0.6 is 38.9 Å². The van der Waals surface area contributed by atoms with Gasteiger partial charge in [-0.15, -0.1) is 11.3 Å². The SMILES string of the molecule is COc1ccc(Br)cc1-c1nc(Cn2c(Cl)nc3c2c(=O)n(C)c(=O)n3C)cs1. The van der Waals surface area contributed by atoms with Crippen LogP contribution in [0.1, 0.15) is 5.69 Å². The maximum Gasteiger partial charge on any atom is 0.332 e. The lowest BCUT2D eigenvalue weighted by atomic mass is 10.2. The van der Waals surface area contributed by atoms with Gasteiger partial charge >= 0.3 is 5.69 Å². The molecule has 0 amide bonds. The fourth-order valence-electron chi connectivity index (χ4n) is 3.08. The highest BCUT2D eigenvalue weighted by Gasteiger charge is 2.19. The smallest absolute Gasteiger partial charge is 0.332 e. The fraction of sp³-hybridized carbons (Fsp3) is 0.222. The van der Waals surface area contributed by atoms with E-state index in [0.29, 0.717) is 11.4 Å². The third kappa shape index (κ3) is 3.30. The number of benzene rings is 1. The van der Waals surface area contributed by atoms with E-state index in [9.17, 15) is 9.59 Å². The monoisotopic (exact) mass is 495 g/mol. The lowest BCUT2D eigenvalue weighted by molar-refractivity contribution is 0.416. The third-order valence-electron chi connectivity index (χ3n) is 4.57. The molecule has 0 aliphatic carbocycles. The molecule has 0 spiro atoms. The number of aromatic nitrogens is 5. The molecule has 3 heterocycles. The van der Waals surface area contributed by atoms with Crippen molar-refractivity contribution in [1.29, 1.82) is 0 Å². The van der Waals surface area contributed by atoms with Crippen LogP contribution < -0.4 is 16.0 Å². The van der Waals surface area contributed by atoms with Crippen molar-refractivity contribution in [1.82, 2.24) is 23.7 Å². The maximum absolute atomic E-state index is 12.7. The number of aryl methyl sites for hydroxylation is 1. The summed E-state index contributed by atoms with van der Waals surface area (Å²) in [6, 6.07) is 5.70. The summed E-state index contributed by atoms with van der Waals surface area (Å²) in [6.45, 7) is 0.246. The number of methoxy groups -OCH3 is 1. The van der Waals surface area contributed by atoms with Gasteiger partial charge in [-0.25, -0.2) is 9.78 Å². The van der Waals surface area contributed by atoms with Gasteiger partial charge in [0.05, 0.1) is 24.9 Å². The molecule has 0 aliphatic heterocycles. The van der Waals surface area contributed by atoms with Gasteiger partial charge in [0.1, 0.15) is 10.8 Å². The molecular formula is C18H15BrClN5O3S. The van der Waals surface area contributed by atoms with Crippen LogP contribution in [0.25, 0.3) is 21.7 Å². The Labute approximate surface area is 182 Å². The minimum absolute atomic E-state index is 0.118. The van der Waals surface area contributed by atoms with Crippen molar-refractivity contribution in [2.24, 2.45) is 14.1 Å². The van der Waals surface area contributed by atoms with E-state index in [4.69, 9.17) is 16.3 Å². The van der Waals surface area contributed by atoms with E-state index in [1.165, 1.54) is 23.0 Å². The molecule has 29 heavy (non-hydrogen) atoms. The van der Waals surface area contributed by atoms with Crippen molar-refractivity contribution in [2.45, 2.75) is 6.54 Å². The molecule has 0 aliphatic rings. The first-order chi connectivity index (χ1) is 13.8. The Morgan fingerprint density at radius 3 is 2.69 bits per heavy atom. The maximum atomic E-state index is 12.7. The van der Waals surface area contributed by atoms with Gasteiger partial charge in [-0.1, -0.05) is 15.9 Å². The molecule has 11 heteroatoms. The molecule has 0 saturated carbocycles. The number of fused-ring (bicyclic) bond motifs is 1. The van der Waals surface area contributed by atoms with Crippen molar-refractivity contribution >= 4 is 50.0 Å². The Bertz CT molecular complexity index is 1370. The third-order valence-corrected chi connectivity index (χ3v) is 6.27. The topological polar surface area (TPSA) is 83.9 Å². The molecule has 150 valence electrons. The van der Waals surface area contributed by atoms with Gasteiger partial charge in [0.15, 0.2) is 11.2 Å². The van der Waals surface area contributed by atoms with Gasteiger partial charge in [-0.05, 0) is 29.8 Å². The standard InChI is InChI=1S/C18H15BrClN5O3S/c1-23-14-13(16(26)24(2)18(23)27)25(17(20)22-14)7-10-8-29-15(21-10)11-6-9(19)4-5-12(11)28-3/h4-6,8H,7H2,1-3H3. The molecule has 0 unspecified atom stereocenters. The second-order valence-electron chi connectivity index (χ2n) is 6.33. The number of hydrogen-bond donors (Lipinski definition) is 0. The van der Waals surface area contributed by atoms with Gasteiger partial charge in [-0.2, -0.15) is 4.98 Å². The number of halogens is 2. The molecule has 3 aromatic heterocycles. The number of ether oxygens (including phenoxy) is 1. The summed E-state index contributed by atoms with van der Waals surface area (Å²) in [6.07, 6.45) is 0. The summed E-state index contributed by atoms with van der Waals surface area (Å²) in [5.74, 6) is 0.712. The fourth-order valence-corrected chi connectivity index (χ4v) is 4.49. The number of imidazole rings is 1. The predicted octanol–water partition coefficient (Wildman–Crippen LogP) is 3.03. The van der Waals surface area contributed by atoms with Gasteiger partial charge in [0.2, 0.25) is 5.28 Å². The highest BCUT2D eigenvalue weighted by Crippen LogP contribution is 2.34. The van der Waals surface area contributed by atoms with E-state index < -0.39 is 11.2 Å². The van der Waals surface area contributed by atoms with Crippen LogP contribution in [0.3, 0.4) is 0 Å². The molecule has 0 N–H and O–H groups in total. The lowest BCUT2D eigenvalue weighted by Gasteiger charge is -2.07. The van der Waals surface area contributed by atoms with Gasteiger partial charge < -0.3 is 9.30 Å². The van der Waals surface area contributed by atoms with E-state index in [1.807, 2.05) is 23.6 Å². The molecule has 8 nitrogen and oxygen atoms in total. The van der Waals surface area contributed by atoms with E-state index in [1.54, 1.807) is 18.7 Å². The number of rotatable bonds is 4. The largest absolute Gasteiger partial charge is 0.496 e. The number of nitrogens with zero attached hydrogens (tertiary/aromatic N) is 5. The zero-order valence-corrected chi connectivity index (χ0v) is 18.8. The van der Waals surface area contributed by atoms with Crippen molar-refractivity contribution in [2.75, 3.05) is 7.11 Å². The van der Waals surface area contributed by atoms with Gasteiger partial charge in [-0.3, -0.25) is 13.9 Å². The Morgan fingerprint density at radius 2 is 1.97 bits per heavy atom. The molecule has 0 saturated heterocycles. The number of hydrogen-bond acceptors (Lipinski definition) is 6. The molecular weight excluding hydrogens is 482 g/mol. The zero-order chi connectivity index (χ0) is 20.9. The van der Waals surface area contributed by atoms with E-state index in [-0.39, 0.29) is 23.0 Å². The Balaban J connectivity index is 1.80. The van der Waals surface area contributed by atoms with Crippen molar-refractivity contribution in [3.63, 3.8) is 0 Å². The minimum Gasteiger partial charge on any atom is -0.496 e. The highest BCUT2D eigenvalue weighted by atomic mass is 79.9. The Morgan fingerprint density at radius 1 is 1.21 bits per heavy atom. The number of thiazole rings is 1. The second kappa shape index (κ2) is 7.43. The summed E-state index contributed by atoms with van der Waals surface area (Å²) in [4.78, 5) is 33.7. The Hall–Kier alpha value is -2.43. The van der Waals surface area contributed by atoms with Crippen LogP contribution in [0, 0.1) is 0 Å². The lowest BCUT2D eigenvalue weighted by Crippen LogP contribution is -2.37. The van der Waals surface area contributed by atoms with E-state index >= 15 is 0 Å². The van der Waals surface area contributed by atoms with Crippen molar-refractivity contribution < 1.29 is 4.74 Å². The van der Waals surface area contributed by atoms with Crippen LogP contribution in [0.5, 0.6) is 5.75 Å². The molecule has 4 aromatic rings. The highest BCUT2D eigenvalue weighted by molar-refractivity contribution is 9.10. The van der Waals surface area contributed by atoms with Crippen LogP contribution in [0.2, 0.25) is 5.28 Å². The van der Waals surface area contributed by atoms with E-state index in [0.717, 1.165) is 19.6 Å². The molecule has 0 bridgehead atoms. The quantitative estimate of drug-likeness (QED) is 0.406. The summed E-state index contributed by atoms with van der Waals surface area (Å²) >= 11 is 11.2. The first-order valence-corrected chi connectivity index (χ1v) is 10.5. The minimum atomic E-state index is -0.457. The summed E-state index contributed by atoms with van der Waals surface area (Å²) in [5.41, 5.74) is 1.16. The average molecular weight is 497 g/mol. The molecule has 0 fully saturated rings. The average Bonchev–Trinajstić information content (AvgIpc) is 3.30. The van der Waals surface area contributed by atoms with Gasteiger partial charge in [0.25, 0.3) is 5.56 Å². The molecule has 0 radical (unpaired) electrons. The van der Waals surface area contributed by atoms with Crippen LogP contribution in [-0.4, -0.2) is 30.8 Å². The van der Waals surface area contributed by atoms with Crippen LogP contribution in [0.15, 0.2) is 37.6 Å². The first-order valence-electron chi connectivity index (χ1n) is 8.42. The normalized spacial score (nSPS) is 11.3. The first kappa shape index (κ1) is 19.9. The molecule has 4 rings (SSSR count). The Kier molecular flexibility index (Phi) is 5.09.